The molecule has 2 heterocycles. The Kier molecular flexibility index (Phi) is 6.13. The van der Waals surface area contributed by atoms with Gasteiger partial charge in [-0.25, -0.2) is 8.42 Å². The molecular weight excluding hydrogens is 438 g/mol. The molecule has 0 aliphatic heterocycles. The zero-order valence-electron chi connectivity index (χ0n) is 19.9. The molecule has 9 heteroatoms. The van der Waals surface area contributed by atoms with Crippen molar-refractivity contribution in [3.63, 3.8) is 0 Å². The van der Waals surface area contributed by atoms with Crippen LogP contribution in [0.3, 0.4) is 0 Å². The molecule has 0 saturated heterocycles. The van der Waals surface area contributed by atoms with Gasteiger partial charge in [-0.1, -0.05) is 19.8 Å². The van der Waals surface area contributed by atoms with Gasteiger partial charge in [-0.2, -0.15) is 9.40 Å². The third-order valence-electron chi connectivity index (χ3n) is 6.73. The van der Waals surface area contributed by atoms with E-state index < -0.39 is 15.6 Å². The van der Waals surface area contributed by atoms with E-state index in [9.17, 15) is 13.2 Å². The van der Waals surface area contributed by atoms with Gasteiger partial charge in [0.15, 0.2) is 5.82 Å². The van der Waals surface area contributed by atoms with Gasteiger partial charge in [0, 0.05) is 24.5 Å². The highest BCUT2D eigenvalue weighted by atomic mass is 32.2. The number of anilines is 2. The van der Waals surface area contributed by atoms with E-state index in [-0.39, 0.29) is 16.5 Å². The largest absolute Gasteiger partial charge is 0.338 e. The molecule has 178 valence electrons. The van der Waals surface area contributed by atoms with Crippen LogP contribution in [-0.2, 0) is 10.0 Å². The van der Waals surface area contributed by atoms with Crippen molar-refractivity contribution in [1.82, 2.24) is 19.1 Å². The molecule has 0 amide bonds. The molecule has 0 bridgehead atoms. The molecule has 1 aliphatic carbocycles. The van der Waals surface area contributed by atoms with Gasteiger partial charge in [0.25, 0.3) is 5.56 Å². The van der Waals surface area contributed by atoms with Crippen LogP contribution < -0.4 is 10.9 Å². The number of sulfonamides is 1. The highest BCUT2D eigenvalue weighted by Gasteiger charge is 2.30. The molecule has 8 nitrogen and oxygen atoms in total. The Labute approximate surface area is 195 Å². The molecule has 4 rings (SSSR count). The molecule has 33 heavy (non-hydrogen) atoms. The average molecular weight is 472 g/mol. The minimum atomic E-state index is -3.61. The average Bonchev–Trinajstić information content (AvgIpc) is 3.12. The lowest BCUT2D eigenvalue weighted by atomic mass is 9.86. The Balaban J connectivity index is 1.68. The molecule has 0 radical (unpaired) electrons. The first-order valence-electron chi connectivity index (χ1n) is 11.5. The second-order valence-electron chi connectivity index (χ2n) is 9.98. The van der Waals surface area contributed by atoms with Gasteiger partial charge in [-0.3, -0.25) is 9.48 Å². The highest BCUT2D eigenvalue weighted by molar-refractivity contribution is 7.89. The van der Waals surface area contributed by atoms with Crippen molar-refractivity contribution in [1.29, 1.82) is 0 Å². The summed E-state index contributed by atoms with van der Waals surface area (Å²) in [5.41, 5.74) is 0.749. The number of pyridine rings is 1. The second-order valence-corrected chi connectivity index (χ2v) is 12.0. The molecule has 2 aromatic heterocycles. The number of benzene rings is 1. The summed E-state index contributed by atoms with van der Waals surface area (Å²) in [6.07, 6.45) is 6.23. The SMILES string of the molecule is C[C@H]1CCCC[C@@H]1n1nc(Nc2ccc(S(=O)(=O)N(C)C(C)(C)C)cc2)c2c(=O)[nH]ccc21. The van der Waals surface area contributed by atoms with E-state index in [1.54, 1.807) is 37.5 Å². The molecule has 1 aliphatic rings. The zero-order valence-corrected chi connectivity index (χ0v) is 20.7. The lowest BCUT2D eigenvalue weighted by Crippen LogP contribution is -2.42. The Hall–Kier alpha value is -2.65. The Morgan fingerprint density at radius 2 is 1.79 bits per heavy atom. The van der Waals surface area contributed by atoms with Crippen LogP contribution in [0.1, 0.15) is 59.4 Å². The van der Waals surface area contributed by atoms with Crippen LogP contribution in [0.15, 0.2) is 46.2 Å². The molecule has 1 saturated carbocycles. The van der Waals surface area contributed by atoms with E-state index in [4.69, 9.17) is 5.10 Å². The maximum atomic E-state index is 12.9. The zero-order chi connectivity index (χ0) is 24.0. The minimum Gasteiger partial charge on any atom is -0.338 e. The Morgan fingerprint density at radius 1 is 1.12 bits per heavy atom. The molecule has 0 spiro atoms. The maximum Gasteiger partial charge on any atom is 0.261 e. The Bertz CT molecular complexity index is 1300. The minimum absolute atomic E-state index is 0.198. The van der Waals surface area contributed by atoms with Crippen LogP contribution in [0, 0.1) is 5.92 Å². The van der Waals surface area contributed by atoms with Crippen molar-refractivity contribution in [2.24, 2.45) is 5.92 Å². The number of hydrogen-bond acceptors (Lipinski definition) is 5. The van der Waals surface area contributed by atoms with Crippen LogP contribution in [0.2, 0.25) is 0 Å². The first-order valence-corrected chi connectivity index (χ1v) is 12.9. The summed E-state index contributed by atoms with van der Waals surface area (Å²) in [4.78, 5) is 15.7. The fourth-order valence-corrected chi connectivity index (χ4v) is 5.98. The van der Waals surface area contributed by atoms with Gasteiger partial charge >= 0.3 is 0 Å². The lowest BCUT2D eigenvalue weighted by Gasteiger charge is -2.30. The van der Waals surface area contributed by atoms with Crippen LogP contribution >= 0.6 is 0 Å². The van der Waals surface area contributed by atoms with Crippen molar-refractivity contribution in [3.8, 4) is 0 Å². The predicted octanol–water partition coefficient (Wildman–Crippen LogP) is 4.64. The van der Waals surface area contributed by atoms with Gasteiger partial charge in [0.2, 0.25) is 10.0 Å². The summed E-state index contributed by atoms with van der Waals surface area (Å²) in [5.74, 6) is 0.963. The van der Waals surface area contributed by atoms with Crippen molar-refractivity contribution in [2.75, 3.05) is 12.4 Å². The number of aromatic amines is 1. The van der Waals surface area contributed by atoms with E-state index in [2.05, 4.69) is 17.2 Å². The van der Waals surface area contributed by atoms with Gasteiger partial charge in [0.1, 0.15) is 5.39 Å². The number of rotatable bonds is 5. The summed E-state index contributed by atoms with van der Waals surface area (Å²) in [6, 6.07) is 8.70. The summed E-state index contributed by atoms with van der Waals surface area (Å²) >= 11 is 0. The monoisotopic (exact) mass is 471 g/mol. The van der Waals surface area contributed by atoms with Crippen LogP contribution in [0.25, 0.3) is 10.9 Å². The van der Waals surface area contributed by atoms with E-state index >= 15 is 0 Å². The number of aromatic nitrogens is 3. The van der Waals surface area contributed by atoms with Gasteiger partial charge < -0.3 is 10.3 Å². The molecule has 1 aromatic carbocycles. The van der Waals surface area contributed by atoms with Gasteiger partial charge in [-0.15, -0.1) is 0 Å². The highest BCUT2D eigenvalue weighted by Crippen LogP contribution is 2.36. The van der Waals surface area contributed by atoms with Crippen LogP contribution in [-0.4, -0.2) is 40.1 Å². The summed E-state index contributed by atoms with van der Waals surface area (Å²) < 4.78 is 29.2. The van der Waals surface area contributed by atoms with E-state index in [1.165, 1.54) is 10.7 Å². The lowest BCUT2D eigenvalue weighted by molar-refractivity contribution is 0.246. The summed E-state index contributed by atoms with van der Waals surface area (Å²) in [5, 5.41) is 8.56. The van der Waals surface area contributed by atoms with Crippen molar-refractivity contribution in [2.45, 2.75) is 69.9 Å². The number of nitrogens with zero attached hydrogens (tertiary/aromatic N) is 3. The van der Waals surface area contributed by atoms with Gasteiger partial charge in [-0.05, 0) is 69.9 Å². The topological polar surface area (TPSA) is 100 Å². The normalized spacial score (nSPS) is 19.8. The molecule has 1 fully saturated rings. The quantitative estimate of drug-likeness (QED) is 0.565. The van der Waals surface area contributed by atoms with E-state index in [0.717, 1.165) is 24.8 Å². The number of hydrogen-bond donors (Lipinski definition) is 2. The summed E-state index contributed by atoms with van der Waals surface area (Å²) in [7, 11) is -2.03. The molecule has 0 unspecified atom stereocenters. The summed E-state index contributed by atoms with van der Waals surface area (Å²) in [6.45, 7) is 7.80. The third kappa shape index (κ3) is 4.44. The van der Waals surface area contributed by atoms with Crippen molar-refractivity contribution >= 4 is 32.4 Å². The van der Waals surface area contributed by atoms with Crippen LogP contribution in [0.5, 0.6) is 0 Å². The van der Waals surface area contributed by atoms with Crippen molar-refractivity contribution < 1.29 is 8.42 Å². The smallest absolute Gasteiger partial charge is 0.261 e. The maximum absolute atomic E-state index is 12.9. The van der Waals surface area contributed by atoms with Crippen molar-refractivity contribution in [3.05, 3.63) is 46.9 Å². The predicted molar refractivity (Wildman–Crippen MR) is 131 cm³/mol. The van der Waals surface area contributed by atoms with E-state index in [1.807, 2.05) is 31.5 Å². The molecule has 3 aromatic rings. The van der Waals surface area contributed by atoms with E-state index in [0.29, 0.717) is 22.8 Å². The standard InChI is InChI=1S/C24H33N5O3S/c1-16-8-6-7-9-19(16)29-20-14-15-25-23(30)21(20)22(27-29)26-17-10-12-18(13-11-17)33(31,32)28(5)24(2,3)4/h10-16,19H,6-9H2,1-5H3,(H,25,30)(H,26,27)/t16-,19-/m0/s1. The number of nitrogens with one attached hydrogen (secondary N) is 2. The Morgan fingerprint density at radius 3 is 2.42 bits per heavy atom. The fourth-order valence-electron chi connectivity index (χ4n) is 4.47. The second kappa shape index (κ2) is 8.61. The molecular formula is C24H33N5O3S. The van der Waals surface area contributed by atoms with Crippen LogP contribution in [0.4, 0.5) is 11.5 Å². The first-order chi connectivity index (χ1) is 15.5. The fraction of sp³-hybridized carbons (Fsp3) is 0.500. The third-order valence-corrected chi connectivity index (χ3v) is 8.87. The molecule has 2 atom stereocenters. The van der Waals surface area contributed by atoms with Gasteiger partial charge in [0.05, 0.1) is 16.5 Å². The molecule has 2 N–H and O–H groups in total. The number of H-pyrrole nitrogens is 1. The first kappa shape index (κ1) is 23.5. The number of fused-ring (bicyclic) bond motifs is 1.